The van der Waals surface area contributed by atoms with Gasteiger partial charge in [0.15, 0.2) is 11.5 Å². The highest BCUT2D eigenvalue weighted by Crippen LogP contribution is 2.62. The van der Waals surface area contributed by atoms with Gasteiger partial charge in [-0.2, -0.15) is 0 Å². The summed E-state index contributed by atoms with van der Waals surface area (Å²) in [5, 5.41) is 10.4. The molecule has 5 atom stereocenters. The second-order valence-corrected chi connectivity index (χ2v) is 8.60. The lowest BCUT2D eigenvalue weighted by atomic mass is 9.53. The average Bonchev–Trinajstić information content (AvgIpc) is 3.37. The number of phenolic OH excluding ortho intramolecular Hbond substituents is 1. The van der Waals surface area contributed by atoms with Gasteiger partial charge in [-0.05, 0) is 49.8 Å². The first-order chi connectivity index (χ1) is 12.2. The van der Waals surface area contributed by atoms with Gasteiger partial charge in [0, 0.05) is 36.6 Å². The summed E-state index contributed by atoms with van der Waals surface area (Å²) in [7, 11) is 1.77. The molecule has 6 rings (SSSR count). The van der Waals surface area contributed by atoms with Crippen molar-refractivity contribution in [1.29, 1.82) is 0 Å². The van der Waals surface area contributed by atoms with Gasteiger partial charge < -0.3 is 14.6 Å². The number of rotatable bonds is 3. The lowest BCUT2D eigenvalue weighted by molar-refractivity contribution is -0.0640. The first kappa shape index (κ1) is 14.6. The topological polar surface area (TPSA) is 41.9 Å². The van der Waals surface area contributed by atoms with E-state index in [4.69, 9.17) is 9.47 Å². The van der Waals surface area contributed by atoms with Crippen LogP contribution in [0.1, 0.15) is 30.4 Å². The Labute approximate surface area is 148 Å². The summed E-state index contributed by atoms with van der Waals surface area (Å²) >= 11 is 0. The van der Waals surface area contributed by atoms with Gasteiger partial charge in [0.1, 0.15) is 12.2 Å². The Morgan fingerprint density at radius 2 is 2.20 bits per heavy atom. The standard InChI is InChI=1S/C21H25NO3/c1-24-17-7-5-14-15-10-13-4-6-16(23)19-18(13)21(14,20(17)25-19)8-9-22(15)11-12-2-3-12/h4-7,12,14-15,17,20,23H,2-3,8-11H2,1H3/t14?,15?,17?,20-,21?/m0/s1. The minimum absolute atomic E-state index is 0.0135. The van der Waals surface area contributed by atoms with E-state index in [9.17, 15) is 5.11 Å². The number of phenols is 1. The van der Waals surface area contributed by atoms with Crippen LogP contribution in [0.25, 0.3) is 0 Å². The Morgan fingerprint density at radius 1 is 1.32 bits per heavy atom. The average molecular weight is 339 g/mol. The van der Waals surface area contributed by atoms with Crippen molar-refractivity contribution in [3.05, 3.63) is 35.4 Å². The van der Waals surface area contributed by atoms with Crippen molar-refractivity contribution in [3.8, 4) is 11.5 Å². The molecule has 2 fully saturated rings. The van der Waals surface area contributed by atoms with Gasteiger partial charge in [0.2, 0.25) is 0 Å². The SMILES string of the molecule is COC1C=CC2C3Cc4ccc(O)c5c4C2(CCN3CC2CC2)[C@H]1O5. The molecule has 2 bridgehead atoms. The summed E-state index contributed by atoms with van der Waals surface area (Å²) in [6.45, 7) is 2.39. The zero-order valence-electron chi connectivity index (χ0n) is 14.6. The zero-order valence-corrected chi connectivity index (χ0v) is 14.6. The molecule has 4 heteroatoms. The van der Waals surface area contributed by atoms with E-state index in [2.05, 4.69) is 23.1 Å². The molecule has 1 aromatic rings. The van der Waals surface area contributed by atoms with Gasteiger partial charge in [0.25, 0.3) is 0 Å². The smallest absolute Gasteiger partial charge is 0.165 e. The summed E-state index contributed by atoms with van der Waals surface area (Å²) in [6, 6.07) is 4.50. The van der Waals surface area contributed by atoms with Crippen molar-refractivity contribution in [3.63, 3.8) is 0 Å². The van der Waals surface area contributed by atoms with Crippen LogP contribution in [0.4, 0.5) is 0 Å². The summed E-state index contributed by atoms with van der Waals surface area (Å²) < 4.78 is 12.2. The van der Waals surface area contributed by atoms with E-state index >= 15 is 0 Å². The van der Waals surface area contributed by atoms with Gasteiger partial charge in [-0.15, -0.1) is 0 Å². The van der Waals surface area contributed by atoms with Crippen LogP contribution in [0.3, 0.4) is 0 Å². The van der Waals surface area contributed by atoms with Gasteiger partial charge in [-0.25, -0.2) is 0 Å². The number of piperidine rings is 1. The Balaban J connectivity index is 1.53. The van der Waals surface area contributed by atoms with Gasteiger partial charge in [-0.3, -0.25) is 4.90 Å². The lowest BCUT2D eigenvalue weighted by Crippen LogP contribution is -2.65. The number of likely N-dealkylation sites (tertiary alicyclic amines) is 1. The normalized spacial score (nSPS) is 40.7. The number of nitrogens with zero attached hydrogens (tertiary/aromatic N) is 1. The molecule has 3 aliphatic carbocycles. The molecule has 2 aliphatic heterocycles. The van der Waals surface area contributed by atoms with Gasteiger partial charge in [0.05, 0.1) is 0 Å². The highest BCUT2D eigenvalue weighted by Gasteiger charge is 2.64. The summed E-state index contributed by atoms with van der Waals surface area (Å²) in [5.41, 5.74) is 2.64. The number of aromatic hydroxyl groups is 1. The molecule has 1 saturated carbocycles. The van der Waals surface area contributed by atoms with E-state index in [1.54, 1.807) is 7.11 Å². The molecule has 1 aromatic carbocycles. The summed E-state index contributed by atoms with van der Waals surface area (Å²) in [5.74, 6) is 2.40. The molecule has 4 nitrogen and oxygen atoms in total. The third-order valence-electron chi connectivity index (χ3n) is 7.43. The van der Waals surface area contributed by atoms with Gasteiger partial charge in [-0.1, -0.05) is 18.2 Å². The number of methoxy groups -OCH3 is 1. The molecule has 0 aromatic heterocycles. The number of hydrogen-bond acceptors (Lipinski definition) is 4. The molecule has 2 heterocycles. The molecular weight excluding hydrogens is 314 g/mol. The van der Waals surface area contributed by atoms with Crippen LogP contribution >= 0.6 is 0 Å². The maximum absolute atomic E-state index is 10.4. The predicted molar refractivity (Wildman–Crippen MR) is 94.0 cm³/mol. The molecule has 132 valence electrons. The maximum atomic E-state index is 10.4. The van der Waals surface area contributed by atoms with E-state index in [0.717, 1.165) is 31.1 Å². The largest absolute Gasteiger partial charge is 0.504 e. The van der Waals surface area contributed by atoms with Crippen molar-refractivity contribution >= 4 is 0 Å². The number of ether oxygens (including phenoxy) is 2. The molecular formula is C21H25NO3. The van der Waals surface area contributed by atoms with E-state index < -0.39 is 0 Å². The lowest BCUT2D eigenvalue weighted by Gasteiger charge is -2.57. The maximum Gasteiger partial charge on any atom is 0.165 e. The van der Waals surface area contributed by atoms with Crippen molar-refractivity contribution in [2.24, 2.45) is 11.8 Å². The molecule has 0 radical (unpaired) electrons. The molecule has 1 N–H and O–H groups in total. The quantitative estimate of drug-likeness (QED) is 0.860. The minimum atomic E-state index is -0.0374. The molecule has 1 saturated heterocycles. The number of benzene rings is 1. The van der Waals surface area contributed by atoms with E-state index in [0.29, 0.717) is 12.0 Å². The molecule has 4 unspecified atom stereocenters. The Bertz CT molecular complexity index is 771. The number of hydrogen-bond donors (Lipinski definition) is 1. The molecule has 5 aliphatic rings. The van der Waals surface area contributed by atoms with Crippen LogP contribution < -0.4 is 4.74 Å². The highest BCUT2D eigenvalue weighted by atomic mass is 16.5. The Hall–Kier alpha value is -1.52. The second kappa shape index (κ2) is 4.80. The molecule has 0 amide bonds. The first-order valence-corrected chi connectivity index (χ1v) is 9.69. The van der Waals surface area contributed by atoms with Crippen LogP contribution in [0.2, 0.25) is 0 Å². The van der Waals surface area contributed by atoms with Crippen molar-refractivity contribution < 1.29 is 14.6 Å². The third-order valence-corrected chi connectivity index (χ3v) is 7.43. The van der Waals surface area contributed by atoms with Crippen LogP contribution in [0.15, 0.2) is 24.3 Å². The summed E-state index contributed by atoms with van der Waals surface area (Å²) in [6.07, 6.45) is 9.53. The van der Waals surface area contributed by atoms with E-state index in [1.165, 1.54) is 30.5 Å². The Morgan fingerprint density at radius 3 is 3.00 bits per heavy atom. The molecule has 25 heavy (non-hydrogen) atoms. The van der Waals surface area contributed by atoms with Crippen LogP contribution in [-0.2, 0) is 16.6 Å². The Kier molecular flexibility index (Phi) is 2.81. The van der Waals surface area contributed by atoms with Crippen LogP contribution in [0.5, 0.6) is 11.5 Å². The molecule has 1 spiro atoms. The van der Waals surface area contributed by atoms with Gasteiger partial charge >= 0.3 is 0 Å². The zero-order chi connectivity index (χ0) is 16.8. The predicted octanol–water partition coefficient (Wildman–Crippen LogP) is 2.63. The highest BCUT2D eigenvalue weighted by molar-refractivity contribution is 5.61. The minimum Gasteiger partial charge on any atom is -0.504 e. The monoisotopic (exact) mass is 339 g/mol. The fraction of sp³-hybridized carbons (Fsp3) is 0.619. The fourth-order valence-electron chi connectivity index (χ4n) is 6.17. The van der Waals surface area contributed by atoms with E-state index in [1.807, 2.05) is 6.07 Å². The van der Waals surface area contributed by atoms with Crippen molar-refractivity contribution in [2.75, 3.05) is 20.2 Å². The van der Waals surface area contributed by atoms with Crippen molar-refractivity contribution in [1.82, 2.24) is 4.90 Å². The fourth-order valence-corrected chi connectivity index (χ4v) is 6.17. The van der Waals surface area contributed by atoms with E-state index in [-0.39, 0.29) is 23.4 Å². The third kappa shape index (κ3) is 1.75. The second-order valence-electron chi connectivity index (χ2n) is 8.60. The first-order valence-electron chi connectivity index (χ1n) is 9.69. The van der Waals surface area contributed by atoms with Crippen molar-refractivity contribution in [2.45, 2.75) is 49.3 Å². The summed E-state index contributed by atoms with van der Waals surface area (Å²) in [4.78, 5) is 2.75. The van der Waals surface area contributed by atoms with Crippen LogP contribution in [-0.4, -0.2) is 48.5 Å². The van der Waals surface area contributed by atoms with Crippen LogP contribution in [0, 0.1) is 11.8 Å².